The van der Waals surface area contributed by atoms with E-state index in [9.17, 15) is 5.26 Å². The molecule has 5 heteroatoms. The summed E-state index contributed by atoms with van der Waals surface area (Å²) < 4.78 is 0. The van der Waals surface area contributed by atoms with Crippen molar-refractivity contribution in [1.82, 2.24) is 10.3 Å². The van der Waals surface area contributed by atoms with Crippen LogP contribution in [0.3, 0.4) is 0 Å². The highest BCUT2D eigenvalue weighted by Crippen LogP contribution is 2.23. The fourth-order valence-corrected chi connectivity index (χ4v) is 2.86. The minimum atomic E-state index is 0.683. The summed E-state index contributed by atoms with van der Waals surface area (Å²) in [6.07, 6.45) is 2.55. The van der Waals surface area contributed by atoms with E-state index >= 15 is 0 Å². The zero-order valence-electron chi connectivity index (χ0n) is 12.0. The Balaban J connectivity index is 1.72. The molecule has 1 N–H and O–H groups in total. The van der Waals surface area contributed by atoms with Gasteiger partial charge in [0.25, 0.3) is 0 Å². The van der Waals surface area contributed by atoms with Crippen LogP contribution >= 0.6 is 11.3 Å². The first-order valence-electron chi connectivity index (χ1n) is 7.11. The molecule has 0 radical (unpaired) electrons. The molecule has 0 amide bonds. The molecular formula is C16H18N4S. The third kappa shape index (κ3) is 3.60. The maximum absolute atomic E-state index is 9.40. The van der Waals surface area contributed by atoms with Crippen LogP contribution in [0.1, 0.15) is 29.7 Å². The molecule has 0 aliphatic heterocycles. The summed E-state index contributed by atoms with van der Waals surface area (Å²) in [5.74, 6) is 0. The molecule has 2 aromatic rings. The van der Waals surface area contributed by atoms with Crippen LogP contribution in [0, 0.1) is 11.3 Å². The molecule has 0 unspecified atom stereocenters. The zero-order chi connectivity index (χ0) is 14.7. The van der Waals surface area contributed by atoms with E-state index in [0.717, 1.165) is 30.0 Å². The lowest BCUT2D eigenvalue weighted by molar-refractivity contribution is 0.687. The lowest BCUT2D eigenvalue weighted by Gasteiger charge is -2.20. The van der Waals surface area contributed by atoms with E-state index in [0.29, 0.717) is 6.04 Å². The van der Waals surface area contributed by atoms with Crippen LogP contribution in [0.25, 0.3) is 0 Å². The van der Waals surface area contributed by atoms with Crippen LogP contribution in [0.4, 0.5) is 5.69 Å². The van der Waals surface area contributed by atoms with Crippen LogP contribution in [0.15, 0.2) is 29.1 Å². The lowest BCUT2D eigenvalue weighted by Crippen LogP contribution is -2.19. The molecular weight excluding hydrogens is 280 g/mol. The first kappa shape index (κ1) is 14.1. The van der Waals surface area contributed by atoms with Gasteiger partial charge in [-0.15, -0.1) is 11.3 Å². The van der Waals surface area contributed by atoms with Crippen LogP contribution in [-0.4, -0.2) is 18.1 Å². The van der Waals surface area contributed by atoms with Crippen molar-refractivity contribution in [2.75, 3.05) is 11.9 Å². The largest absolute Gasteiger partial charge is 0.368 e. The fraction of sp³-hybridized carbons (Fsp3) is 0.375. The molecule has 1 aliphatic rings. The molecule has 0 spiro atoms. The van der Waals surface area contributed by atoms with Crippen molar-refractivity contribution in [3.63, 3.8) is 0 Å². The Morgan fingerprint density at radius 3 is 3.00 bits per heavy atom. The molecule has 21 heavy (non-hydrogen) atoms. The standard InChI is InChI=1S/C16H18N4S/c1-20(9-15-10-21-11-19-15)16-5-2-12(6-13(16)7-17)8-18-14-3-4-14/h2,5-6,10-11,14,18H,3-4,8-9H2,1H3. The van der Waals surface area contributed by atoms with Crippen molar-refractivity contribution in [3.8, 4) is 6.07 Å². The number of aromatic nitrogens is 1. The highest BCUT2D eigenvalue weighted by molar-refractivity contribution is 7.07. The maximum atomic E-state index is 9.40. The summed E-state index contributed by atoms with van der Waals surface area (Å²) in [6, 6.07) is 9.12. The van der Waals surface area contributed by atoms with Gasteiger partial charge < -0.3 is 10.2 Å². The van der Waals surface area contributed by atoms with E-state index in [-0.39, 0.29) is 0 Å². The van der Waals surface area contributed by atoms with Crippen molar-refractivity contribution < 1.29 is 0 Å². The molecule has 1 aromatic heterocycles. The Morgan fingerprint density at radius 2 is 2.33 bits per heavy atom. The Bertz CT molecular complexity index is 641. The van der Waals surface area contributed by atoms with Gasteiger partial charge in [-0.3, -0.25) is 0 Å². The highest BCUT2D eigenvalue weighted by Gasteiger charge is 2.20. The average Bonchev–Trinajstić information content (AvgIpc) is 3.20. The second-order valence-corrected chi connectivity index (χ2v) is 6.17. The van der Waals surface area contributed by atoms with Gasteiger partial charge >= 0.3 is 0 Å². The van der Waals surface area contributed by atoms with Crippen molar-refractivity contribution in [1.29, 1.82) is 5.26 Å². The summed E-state index contributed by atoms with van der Waals surface area (Å²) >= 11 is 1.59. The van der Waals surface area contributed by atoms with Crippen molar-refractivity contribution in [2.45, 2.75) is 32.0 Å². The van der Waals surface area contributed by atoms with Crippen LogP contribution in [0.2, 0.25) is 0 Å². The maximum Gasteiger partial charge on any atom is 0.101 e. The van der Waals surface area contributed by atoms with Gasteiger partial charge in [0.15, 0.2) is 0 Å². The molecule has 0 atom stereocenters. The molecule has 1 saturated carbocycles. The third-order valence-electron chi connectivity index (χ3n) is 3.65. The SMILES string of the molecule is CN(Cc1cscn1)c1ccc(CNC2CC2)cc1C#N. The lowest BCUT2D eigenvalue weighted by atomic mass is 10.1. The van der Waals surface area contributed by atoms with Crippen molar-refractivity contribution in [3.05, 3.63) is 45.9 Å². The van der Waals surface area contributed by atoms with E-state index in [4.69, 9.17) is 0 Å². The van der Waals surface area contributed by atoms with E-state index < -0.39 is 0 Å². The Morgan fingerprint density at radius 1 is 1.48 bits per heavy atom. The van der Waals surface area contributed by atoms with Gasteiger partial charge in [-0.25, -0.2) is 4.98 Å². The number of nitrogens with zero attached hydrogens (tertiary/aromatic N) is 3. The van der Waals surface area contributed by atoms with Gasteiger partial charge in [-0.1, -0.05) is 6.07 Å². The second kappa shape index (κ2) is 6.25. The van der Waals surface area contributed by atoms with Crippen LogP contribution in [-0.2, 0) is 13.1 Å². The van der Waals surface area contributed by atoms with Gasteiger partial charge in [0.1, 0.15) is 6.07 Å². The van der Waals surface area contributed by atoms with Gasteiger partial charge in [-0.05, 0) is 30.5 Å². The summed E-state index contributed by atoms with van der Waals surface area (Å²) in [5.41, 5.74) is 5.72. The Kier molecular flexibility index (Phi) is 4.18. The van der Waals surface area contributed by atoms with Crippen molar-refractivity contribution >= 4 is 17.0 Å². The quantitative estimate of drug-likeness (QED) is 0.891. The molecule has 108 valence electrons. The summed E-state index contributed by atoms with van der Waals surface area (Å²) in [4.78, 5) is 6.37. The number of nitrogens with one attached hydrogen (secondary N) is 1. The van der Waals surface area contributed by atoms with Gasteiger partial charge in [0.05, 0.1) is 29.0 Å². The van der Waals surface area contributed by atoms with Crippen molar-refractivity contribution in [2.24, 2.45) is 0 Å². The minimum Gasteiger partial charge on any atom is -0.368 e. The minimum absolute atomic E-state index is 0.683. The molecule has 3 rings (SSSR count). The first-order valence-corrected chi connectivity index (χ1v) is 8.05. The normalized spacial score (nSPS) is 13.9. The van der Waals surface area contributed by atoms with Gasteiger partial charge in [0, 0.05) is 25.0 Å². The molecule has 1 heterocycles. The monoisotopic (exact) mass is 298 g/mol. The fourth-order valence-electron chi connectivity index (χ4n) is 2.31. The second-order valence-electron chi connectivity index (χ2n) is 5.45. The zero-order valence-corrected chi connectivity index (χ0v) is 12.9. The van der Waals surface area contributed by atoms with Gasteiger partial charge in [-0.2, -0.15) is 5.26 Å². The topological polar surface area (TPSA) is 52.0 Å². The number of nitriles is 1. The third-order valence-corrected chi connectivity index (χ3v) is 4.28. The predicted octanol–water partition coefficient (Wildman–Crippen LogP) is 2.90. The molecule has 4 nitrogen and oxygen atoms in total. The summed E-state index contributed by atoms with van der Waals surface area (Å²) in [6.45, 7) is 1.56. The summed E-state index contributed by atoms with van der Waals surface area (Å²) in [5, 5.41) is 14.9. The Hall–Kier alpha value is -1.90. The predicted molar refractivity (Wildman–Crippen MR) is 85.2 cm³/mol. The molecule has 1 fully saturated rings. The number of hydrogen-bond acceptors (Lipinski definition) is 5. The number of hydrogen-bond donors (Lipinski definition) is 1. The van der Waals surface area contributed by atoms with Crippen LogP contribution in [0.5, 0.6) is 0 Å². The number of rotatable bonds is 6. The van der Waals surface area contributed by atoms with E-state index in [1.807, 2.05) is 30.1 Å². The molecule has 1 aliphatic carbocycles. The van der Waals surface area contributed by atoms with E-state index in [2.05, 4.69) is 27.3 Å². The average molecular weight is 298 g/mol. The van der Waals surface area contributed by atoms with Crippen LogP contribution < -0.4 is 10.2 Å². The molecule has 1 aromatic carbocycles. The number of benzene rings is 1. The highest BCUT2D eigenvalue weighted by atomic mass is 32.1. The molecule has 0 saturated heterocycles. The smallest absolute Gasteiger partial charge is 0.101 e. The van der Waals surface area contributed by atoms with E-state index in [1.54, 1.807) is 11.3 Å². The summed E-state index contributed by atoms with van der Waals surface area (Å²) in [7, 11) is 2.00. The number of thiazole rings is 1. The Labute approximate surface area is 129 Å². The van der Waals surface area contributed by atoms with E-state index in [1.165, 1.54) is 18.4 Å². The molecule has 0 bridgehead atoms. The first-order chi connectivity index (χ1) is 10.3. The van der Waals surface area contributed by atoms with Gasteiger partial charge in [0.2, 0.25) is 0 Å². The number of anilines is 1.